The molecule has 1 aromatic carbocycles. The highest BCUT2D eigenvalue weighted by atomic mass is 35.5. The molecule has 9 heteroatoms. The zero-order chi connectivity index (χ0) is 24.6. The number of aromatic amines is 1. The highest BCUT2D eigenvalue weighted by molar-refractivity contribution is 6.32. The van der Waals surface area contributed by atoms with Crippen molar-refractivity contribution < 1.29 is 19.0 Å². The van der Waals surface area contributed by atoms with Crippen molar-refractivity contribution in [2.24, 2.45) is 0 Å². The maximum Gasteiger partial charge on any atom is 0.214 e. The van der Waals surface area contributed by atoms with Gasteiger partial charge in [-0.15, -0.1) is 0 Å². The Morgan fingerprint density at radius 2 is 2.11 bits per heavy atom. The van der Waals surface area contributed by atoms with Crippen LogP contribution in [0.15, 0.2) is 42.6 Å². The van der Waals surface area contributed by atoms with Gasteiger partial charge in [-0.1, -0.05) is 17.7 Å². The van der Waals surface area contributed by atoms with Crippen molar-refractivity contribution in [2.75, 3.05) is 25.6 Å². The van der Waals surface area contributed by atoms with E-state index in [-0.39, 0.29) is 11.9 Å². The quantitative estimate of drug-likeness (QED) is 0.346. The van der Waals surface area contributed by atoms with Crippen LogP contribution in [-0.4, -0.2) is 47.2 Å². The van der Waals surface area contributed by atoms with Crippen LogP contribution in [0.2, 0.25) is 5.02 Å². The largest absolute Gasteiger partial charge is 0.493 e. The number of hydrogen-bond acceptors (Lipinski definition) is 7. The minimum Gasteiger partial charge on any atom is -0.493 e. The summed E-state index contributed by atoms with van der Waals surface area (Å²) in [7, 11) is 1.57. The molecule has 36 heavy (non-hydrogen) atoms. The number of nitrogens with one attached hydrogen (secondary N) is 2. The van der Waals surface area contributed by atoms with Crippen LogP contribution in [0.3, 0.4) is 0 Å². The first-order valence-corrected chi connectivity index (χ1v) is 12.4. The fraction of sp³-hybridized carbons (Fsp3) is 0.296. The molecule has 3 aromatic heterocycles. The van der Waals surface area contributed by atoms with E-state index < -0.39 is 0 Å². The molecule has 6 rings (SSSR count). The monoisotopic (exact) mass is 504 g/mol. The third kappa shape index (κ3) is 4.06. The van der Waals surface area contributed by atoms with Gasteiger partial charge in [0.05, 0.1) is 53.5 Å². The Hall–Kier alpha value is -3.62. The number of nitrogens with zero attached hydrogens (tertiary/aromatic N) is 2. The summed E-state index contributed by atoms with van der Waals surface area (Å²) >= 11 is 6.38. The lowest BCUT2D eigenvalue weighted by Gasteiger charge is -2.16. The molecule has 0 radical (unpaired) electrons. The number of fused-ring (bicyclic) bond motifs is 2. The first kappa shape index (κ1) is 22.8. The van der Waals surface area contributed by atoms with Crippen LogP contribution in [0, 0.1) is 0 Å². The van der Waals surface area contributed by atoms with Crippen LogP contribution in [0.25, 0.3) is 22.3 Å². The molecular weight excluding hydrogens is 480 g/mol. The number of para-hydroxylation sites is 1. The van der Waals surface area contributed by atoms with Crippen LogP contribution in [0.5, 0.6) is 11.6 Å². The lowest BCUT2D eigenvalue weighted by atomic mass is 9.94. The summed E-state index contributed by atoms with van der Waals surface area (Å²) < 4.78 is 17.1. The summed E-state index contributed by atoms with van der Waals surface area (Å²) in [5.74, 6) is 1.12. The normalized spacial score (nSPS) is 17.3. The zero-order valence-corrected chi connectivity index (χ0v) is 20.5. The summed E-state index contributed by atoms with van der Waals surface area (Å²) in [6.07, 6.45) is 4.66. The Morgan fingerprint density at radius 3 is 2.94 bits per heavy atom. The smallest absolute Gasteiger partial charge is 0.214 e. The lowest BCUT2D eigenvalue weighted by Crippen LogP contribution is -2.16. The van der Waals surface area contributed by atoms with Crippen molar-refractivity contribution in [1.29, 1.82) is 0 Å². The van der Waals surface area contributed by atoms with E-state index in [4.69, 9.17) is 30.8 Å². The molecule has 1 saturated heterocycles. The maximum atomic E-state index is 13.1. The molecule has 0 saturated carbocycles. The Morgan fingerprint density at radius 1 is 1.19 bits per heavy atom. The van der Waals surface area contributed by atoms with E-state index in [1.807, 2.05) is 30.3 Å². The highest BCUT2D eigenvalue weighted by Gasteiger charge is 2.29. The van der Waals surface area contributed by atoms with E-state index >= 15 is 0 Å². The van der Waals surface area contributed by atoms with Crippen molar-refractivity contribution in [3.8, 4) is 22.9 Å². The fourth-order valence-electron chi connectivity index (χ4n) is 4.93. The first-order valence-electron chi connectivity index (χ1n) is 12.0. The molecule has 184 valence electrons. The Labute approximate surface area is 213 Å². The minimum absolute atomic E-state index is 0.0157. The summed E-state index contributed by atoms with van der Waals surface area (Å²) in [6.45, 7) is 1.25. The SMILES string of the molecule is COc1c(Cl)cccc1Nc1c(-c2ccnc3ccc(O[C@H]4CCOC4)nc23)[nH]c2c1C(=O)CCC2. The van der Waals surface area contributed by atoms with Gasteiger partial charge in [0.1, 0.15) is 11.6 Å². The van der Waals surface area contributed by atoms with Crippen molar-refractivity contribution in [3.63, 3.8) is 0 Å². The number of ether oxygens (including phenoxy) is 3. The molecule has 4 aromatic rings. The van der Waals surface area contributed by atoms with Gasteiger partial charge < -0.3 is 24.5 Å². The van der Waals surface area contributed by atoms with E-state index in [2.05, 4.69) is 15.3 Å². The van der Waals surface area contributed by atoms with E-state index in [1.54, 1.807) is 19.4 Å². The number of ketones is 1. The molecule has 1 fully saturated rings. The number of Topliss-reactive ketones (excluding diaryl/α,β-unsaturated/α-hetero) is 1. The Balaban J connectivity index is 1.51. The van der Waals surface area contributed by atoms with Gasteiger partial charge in [-0.25, -0.2) is 4.98 Å². The van der Waals surface area contributed by atoms with Gasteiger partial charge >= 0.3 is 0 Å². The molecule has 0 amide bonds. The molecular formula is C27H25ClN4O4. The van der Waals surface area contributed by atoms with Gasteiger partial charge in [0, 0.05) is 36.4 Å². The average molecular weight is 505 g/mol. The van der Waals surface area contributed by atoms with Gasteiger partial charge in [-0.05, 0) is 37.1 Å². The summed E-state index contributed by atoms with van der Waals surface area (Å²) in [4.78, 5) is 25.9. The highest BCUT2D eigenvalue weighted by Crippen LogP contribution is 2.43. The lowest BCUT2D eigenvalue weighted by molar-refractivity contribution is 0.0973. The molecule has 0 spiro atoms. The van der Waals surface area contributed by atoms with Gasteiger partial charge in [0.2, 0.25) is 5.88 Å². The number of H-pyrrole nitrogens is 1. The number of hydrogen-bond donors (Lipinski definition) is 2. The number of aryl methyl sites for hydroxylation is 1. The summed E-state index contributed by atoms with van der Waals surface area (Å²) in [5, 5.41) is 3.93. The van der Waals surface area contributed by atoms with Crippen molar-refractivity contribution in [2.45, 2.75) is 31.8 Å². The minimum atomic E-state index is -0.0157. The maximum absolute atomic E-state index is 13.1. The van der Waals surface area contributed by atoms with Crippen LogP contribution < -0.4 is 14.8 Å². The Kier molecular flexibility index (Phi) is 5.99. The summed E-state index contributed by atoms with van der Waals surface area (Å²) in [6, 6.07) is 11.1. The van der Waals surface area contributed by atoms with E-state index in [0.29, 0.717) is 58.7 Å². The molecule has 8 nitrogen and oxygen atoms in total. The van der Waals surface area contributed by atoms with E-state index in [0.717, 1.165) is 41.7 Å². The van der Waals surface area contributed by atoms with Crippen LogP contribution in [0.4, 0.5) is 11.4 Å². The second-order valence-corrected chi connectivity index (χ2v) is 9.34. The van der Waals surface area contributed by atoms with Gasteiger partial charge in [0.25, 0.3) is 0 Å². The number of methoxy groups -OCH3 is 1. The second-order valence-electron chi connectivity index (χ2n) is 8.93. The number of pyridine rings is 2. The Bertz CT molecular complexity index is 1460. The second kappa shape index (κ2) is 9.44. The number of aromatic nitrogens is 3. The fourth-order valence-corrected chi connectivity index (χ4v) is 5.18. The molecule has 0 bridgehead atoms. The van der Waals surface area contributed by atoms with E-state index in [9.17, 15) is 4.79 Å². The molecule has 2 aliphatic rings. The number of benzene rings is 1. The van der Waals surface area contributed by atoms with Crippen molar-refractivity contribution >= 4 is 39.8 Å². The van der Waals surface area contributed by atoms with Gasteiger partial charge in [0.15, 0.2) is 11.5 Å². The molecule has 1 atom stereocenters. The number of rotatable bonds is 6. The molecule has 1 aliphatic carbocycles. The van der Waals surface area contributed by atoms with Crippen LogP contribution in [0.1, 0.15) is 35.3 Å². The van der Waals surface area contributed by atoms with E-state index in [1.165, 1.54) is 0 Å². The number of anilines is 2. The van der Waals surface area contributed by atoms with Crippen molar-refractivity contribution in [1.82, 2.24) is 15.0 Å². The molecule has 4 heterocycles. The third-order valence-corrected chi connectivity index (χ3v) is 6.92. The van der Waals surface area contributed by atoms with Crippen LogP contribution >= 0.6 is 11.6 Å². The predicted octanol–water partition coefficient (Wildman–Crippen LogP) is 5.72. The third-order valence-electron chi connectivity index (χ3n) is 6.62. The number of carbonyl (C=O) groups is 1. The summed E-state index contributed by atoms with van der Waals surface area (Å²) in [5.41, 5.74) is 5.91. The van der Waals surface area contributed by atoms with Gasteiger partial charge in [-0.2, -0.15) is 0 Å². The topological polar surface area (TPSA) is 98.4 Å². The first-order chi connectivity index (χ1) is 17.6. The molecule has 2 N–H and O–H groups in total. The zero-order valence-electron chi connectivity index (χ0n) is 19.8. The van der Waals surface area contributed by atoms with Crippen LogP contribution in [-0.2, 0) is 11.2 Å². The predicted molar refractivity (Wildman–Crippen MR) is 138 cm³/mol. The average Bonchev–Trinajstić information content (AvgIpc) is 3.52. The molecule has 1 aliphatic heterocycles. The standard InChI is InChI=1S/C27H25ClN4O4/c1-34-27-17(28)4-2-6-20(27)31-26-23-18(5-3-7-21(23)33)30-25(26)16-10-12-29-19-8-9-22(32-24(16)19)36-15-11-13-35-14-15/h2,4,6,8-10,12,15,30-31H,3,5,7,11,13-14H2,1H3/t15-/m0/s1. The number of carbonyl (C=O) groups excluding carboxylic acids is 1. The van der Waals surface area contributed by atoms with Crippen molar-refractivity contribution in [3.05, 3.63) is 58.9 Å². The van der Waals surface area contributed by atoms with Gasteiger partial charge in [-0.3, -0.25) is 9.78 Å². The molecule has 0 unspecified atom stereocenters. The number of halogens is 1.